The van der Waals surface area contributed by atoms with E-state index in [-0.39, 0.29) is 18.4 Å². The Morgan fingerprint density at radius 3 is 2.35 bits per heavy atom. The molecule has 1 aliphatic rings. The lowest BCUT2D eigenvalue weighted by molar-refractivity contribution is -0.386. The van der Waals surface area contributed by atoms with Crippen LogP contribution in [-0.4, -0.2) is 22.6 Å². The summed E-state index contributed by atoms with van der Waals surface area (Å²) < 4.78 is 42.9. The van der Waals surface area contributed by atoms with Crippen LogP contribution in [0.4, 0.5) is 18.9 Å². The van der Waals surface area contributed by atoms with Crippen molar-refractivity contribution in [2.75, 3.05) is 0 Å². The minimum Gasteiger partial charge on any atom is -0.358 e. The minimum atomic E-state index is -4.71. The van der Waals surface area contributed by atoms with E-state index in [9.17, 15) is 32.9 Å². The molecule has 2 rings (SSSR count). The smallest absolute Gasteiger partial charge is 0.358 e. The van der Waals surface area contributed by atoms with E-state index >= 15 is 0 Å². The Labute approximate surface area is 128 Å². The summed E-state index contributed by atoms with van der Waals surface area (Å²) >= 11 is 0. The number of rotatable bonds is 4. The summed E-state index contributed by atoms with van der Waals surface area (Å²) in [4.78, 5) is 33.2. The minimum absolute atomic E-state index is 0.130. The molecule has 0 radical (unpaired) electrons. The van der Waals surface area contributed by atoms with Crippen LogP contribution in [0.15, 0.2) is 18.2 Å². The molecule has 0 unspecified atom stereocenters. The summed E-state index contributed by atoms with van der Waals surface area (Å²) in [6, 6.07) is 2.01. The van der Waals surface area contributed by atoms with Gasteiger partial charge in [0, 0.05) is 18.9 Å². The van der Waals surface area contributed by atoms with Crippen LogP contribution in [0.3, 0.4) is 0 Å². The van der Waals surface area contributed by atoms with E-state index in [0.717, 1.165) is 6.07 Å². The number of ether oxygens (including phenoxy) is 1. The lowest BCUT2D eigenvalue weighted by Crippen LogP contribution is -2.36. The molecule has 9 heteroatoms. The van der Waals surface area contributed by atoms with Gasteiger partial charge in [-0.2, -0.15) is 13.2 Å². The zero-order valence-electron chi connectivity index (χ0n) is 11.8. The van der Waals surface area contributed by atoms with Crippen LogP contribution in [0.5, 0.6) is 0 Å². The van der Waals surface area contributed by atoms with Gasteiger partial charge in [0.25, 0.3) is 5.69 Å². The molecule has 1 aromatic carbocycles. The molecule has 0 N–H and O–H groups in total. The Morgan fingerprint density at radius 1 is 1.22 bits per heavy atom. The van der Waals surface area contributed by atoms with Gasteiger partial charge in [-0.3, -0.25) is 19.7 Å². The standard InChI is InChI=1S/C14H12F3NO5/c15-14(16,17)9-5-4-8(10(6-9)18(21)22)7-23-13-11(19)2-1-3-12(13)20/h4-6,13H,1-3,7H2. The number of alkyl halides is 3. The number of Topliss-reactive ketones (excluding diaryl/α,β-unsaturated/α-hetero) is 2. The maximum atomic E-state index is 12.6. The predicted octanol–water partition coefficient (Wildman–Crippen LogP) is 2.82. The highest BCUT2D eigenvalue weighted by Gasteiger charge is 2.34. The van der Waals surface area contributed by atoms with Gasteiger partial charge in [0.1, 0.15) is 0 Å². The average molecular weight is 331 g/mol. The Kier molecular flexibility index (Phi) is 4.79. The first-order valence-corrected chi connectivity index (χ1v) is 6.71. The fourth-order valence-electron chi connectivity index (χ4n) is 2.27. The van der Waals surface area contributed by atoms with Gasteiger partial charge in [0.05, 0.1) is 22.7 Å². The van der Waals surface area contributed by atoms with E-state index in [1.807, 2.05) is 0 Å². The van der Waals surface area contributed by atoms with Crippen molar-refractivity contribution in [1.82, 2.24) is 0 Å². The average Bonchev–Trinajstić information content (AvgIpc) is 2.45. The highest BCUT2D eigenvalue weighted by Crippen LogP contribution is 2.33. The number of nitrogens with zero attached hydrogens (tertiary/aromatic N) is 1. The molecule has 0 atom stereocenters. The van der Waals surface area contributed by atoms with Crippen molar-refractivity contribution in [3.05, 3.63) is 39.4 Å². The Morgan fingerprint density at radius 2 is 1.83 bits per heavy atom. The van der Waals surface area contributed by atoms with E-state index in [4.69, 9.17) is 4.74 Å². The molecule has 0 amide bonds. The number of hydrogen-bond acceptors (Lipinski definition) is 5. The van der Waals surface area contributed by atoms with Crippen LogP contribution in [0.1, 0.15) is 30.4 Å². The summed E-state index contributed by atoms with van der Waals surface area (Å²) in [7, 11) is 0. The third-order valence-corrected chi connectivity index (χ3v) is 3.45. The van der Waals surface area contributed by atoms with Crippen molar-refractivity contribution in [1.29, 1.82) is 0 Å². The Bertz CT molecular complexity index is 640. The van der Waals surface area contributed by atoms with Gasteiger partial charge in [-0.25, -0.2) is 0 Å². The number of carbonyl (C=O) groups excluding carboxylic acids is 2. The zero-order chi connectivity index (χ0) is 17.2. The van der Waals surface area contributed by atoms with Crippen molar-refractivity contribution in [2.24, 2.45) is 0 Å². The van der Waals surface area contributed by atoms with Crippen LogP contribution in [0.2, 0.25) is 0 Å². The SMILES string of the molecule is O=C1CCCC(=O)C1OCc1ccc(C(F)(F)F)cc1[N+](=O)[O-]. The van der Waals surface area contributed by atoms with Crippen LogP contribution in [0.25, 0.3) is 0 Å². The van der Waals surface area contributed by atoms with E-state index < -0.39 is 46.6 Å². The zero-order valence-corrected chi connectivity index (χ0v) is 11.8. The number of benzene rings is 1. The summed E-state index contributed by atoms with van der Waals surface area (Å²) in [5.74, 6) is -0.841. The molecule has 0 saturated heterocycles. The van der Waals surface area contributed by atoms with Gasteiger partial charge in [-0.05, 0) is 18.6 Å². The quantitative estimate of drug-likeness (QED) is 0.481. The van der Waals surface area contributed by atoms with Gasteiger partial charge >= 0.3 is 6.18 Å². The second-order valence-electron chi connectivity index (χ2n) is 5.08. The summed E-state index contributed by atoms with van der Waals surface area (Å²) in [6.07, 6.45) is -5.24. The maximum absolute atomic E-state index is 12.6. The highest BCUT2D eigenvalue weighted by molar-refractivity contribution is 6.07. The number of nitro benzene ring substituents is 1. The molecule has 1 aliphatic carbocycles. The third kappa shape index (κ3) is 3.92. The highest BCUT2D eigenvalue weighted by atomic mass is 19.4. The molecular weight excluding hydrogens is 319 g/mol. The van der Waals surface area contributed by atoms with Gasteiger partial charge < -0.3 is 4.74 Å². The third-order valence-electron chi connectivity index (χ3n) is 3.45. The van der Waals surface area contributed by atoms with E-state index in [1.165, 1.54) is 0 Å². The van der Waals surface area contributed by atoms with Crippen LogP contribution in [-0.2, 0) is 27.1 Å². The van der Waals surface area contributed by atoms with Gasteiger partial charge in [-0.15, -0.1) is 0 Å². The van der Waals surface area contributed by atoms with Crippen molar-refractivity contribution in [3.8, 4) is 0 Å². The molecule has 1 fully saturated rings. The normalized spacial score (nSPS) is 16.7. The molecule has 0 bridgehead atoms. The fraction of sp³-hybridized carbons (Fsp3) is 0.429. The Balaban J connectivity index is 2.21. The van der Waals surface area contributed by atoms with Crippen molar-refractivity contribution in [2.45, 2.75) is 38.1 Å². The largest absolute Gasteiger partial charge is 0.416 e. The number of halogens is 3. The molecule has 0 aliphatic heterocycles. The Hall–Kier alpha value is -2.29. The molecule has 6 nitrogen and oxygen atoms in total. The number of carbonyl (C=O) groups is 2. The maximum Gasteiger partial charge on any atom is 0.416 e. The van der Waals surface area contributed by atoms with Crippen LogP contribution in [0, 0.1) is 10.1 Å². The van der Waals surface area contributed by atoms with Gasteiger partial charge in [0.15, 0.2) is 17.7 Å². The number of nitro groups is 1. The lowest BCUT2D eigenvalue weighted by atomic mass is 9.95. The first kappa shape index (κ1) is 17.1. The molecule has 0 heterocycles. The monoisotopic (exact) mass is 331 g/mol. The summed E-state index contributed by atoms with van der Waals surface area (Å²) in [6.45, 7) is -0.489. The molecule has 23 heavy (non-hydrogen) atoms. The lowest BCUT2D eigenvalue weighted by Gasteiger charge is -2.19. The van der Waals surface area contributed by atoms with E-state index in [1.54, 1.807) is 0 Å². The topological polar surface area (TPSA) is 86.5 Å². The summed E-state index contributed by atoms with van der Waals surface area (Å²) in [5, 5.41) is 10.9. The second kappa shape index (κ2) is 6.45. The molecular formula is C14H12F3NO5. The second-order valence-corrected chi connectivity index (χ2v) is 5.08. The predicted molar refractivity (Wildman–Crippen MR) is 70.5 cm³/mol. The van der Waals surface area contributed by atoms with Crippen molar-refractivity contribution in [3.63, 3.8) is 0 Å². The van der Waals surface area contributed by atoms with Crippen molar-refractivity contribution < 1.29 is 32.4 Å². The van der Waals surface area contributed by atoms with E-state index in [2.05, 4.69) is 0 Å². The number of hydrogen-bond donors (Lipinski definition) is 0. The van der Waals surface area contributed by atoms with Crippen LogP contribution >= 0.6 is 0 Å². The van der Waals surface area contributed by atoms with Gasteiger partial charge in [-0.1, -0.05) is 0 Å². The molecule has 0 aromatic heterocycles. The van der Waals surface area contributed by atoms with Crippen molar-refractivity contribution >= 4 is 17.3 Å². The van der Waals surface area contributed by atoms with Crippen LogP contribution < -0.4 is 0 Å². The molecule has 124 valence electrons. The number of ketones is 2. The summed E-state index contributed by atoms with van der Waals surface area (Å²) in [5.41, 5.74) is -2.05. The molecule has 1 aromatic rings. The molecule has 0 spiro atoms. The van der Waals surface area contributed by atoms with E-state index in [0.29, 0.717) is 18.6 Å². The molecule has 1 saturated carbocycles. The fourth-order valence-corrected chi connectivity index (χ4v) is 2.27. The first-order valence-electron chi connectivity index (χ1n) is 6.71. The first-order chi connectivity index (χ1) is 10.7. The van der Waals surface area contributed by atoms with Gasteiger partial charge in [0.2, 0.25) is 0 Å².